The maximum absolute atomic E-state index is 11.2. The van der Waals surface area contributed by atoms with E-state index in [9.17, 15) is 24.9 Å². The third kappa shape index (κ3) is 9.75. The van der Waals surface area contributed by atoms with Gasteiger partial charge in [0.2, 0.25) is 0 Å². The first kappa shape index (κ1) is 27.0. The Morgan fingerprint density at radius 3 is 1.65 bits per heavy atom. The van der Waals surface area contributed by atoms with E-state index in [0.717, 1.165) is 69.8 Å². The lowest BCUT2D eigenvalue weighted by atomic mass is 9.86. The number of carboxylic acid groups (broad SMARTS) is 2. The van der Waals surface area contributed by atoms with E-state index in [2.05, 4.69) is 6.07 Å². The van der Waals surface area contributed by atoms with Crippen LogP contribution < -0.4 is 0 Å². The number of rotatable bonds is 16. The van der Waals surface area contributed by atoms with Crippen molar-refractivity contribution in [2.75, 3.05) is 0 Å². The highest BCUT2D eigenvalue weighted by molar-refractivity contribution is 5.73. The van der Waals surface area contributed by atoms with Gasteiger partial charge in [-0.05, 0) is 83.4 Å². The predicted octanol–water partition coefficient (Wildman–Crippen LogP) is 6.60. The molecule has 1 aromatic carbocycles. The summed E-state index contributed by atoms with van der Waals surface area (Å²) in [4.78, 5) is 22.3. The molecular weight excluding hydrogens is 392 g/mol. The van der Waals surface area contributed by atoms with Gasteiger partial charge in [-0.1, -0.05) is 50.7 Å². The van der Waals surface area contributed by atoms with E-state index in [-0.39, 0.29) is 0 Å². The normalized spacial score (nSPS) is 12.1. The quantitative estimate of drug-likeness (QED) is 0.255. The Morgan fingerprint density at radius 1 is 0.710 bits per heavy atom. The van der Waals surface area contributed by atoms with Gasteiger partial charge in [0.1, 0.15) is 5.75 Å². The molecule has 0 aromatic heterocycles. The topological polar surface area (TPSA) is 94.8 Å². The maximum atomic E-state index is 11.2. The largest absolute Gasteiger partial charge is 0.508 e. The van der Waals surface area contributed by atoms with Gasteiger partial charge in [0, 0.05) is 0 Å². The van der Waals surface area contributed by atoms with Gasteiger partial charge < -0.3 is 15.3 Å². The summed E-state index contributed by atoms with van der Waals surface area (Å²) in [6.07, 6.45) is 11.1. The van der Waals surface area contributed by atoms with Crippen molar-refractivity contribution in [3.63, 3.8) is 0 Å². The van der Waals surface area contributed by atoms with Crippen LogP contribution in [-0.4, -0.2) is 27.3 Å². The van der Waals surface area contributed by atoms with Crippen LogP contribution in [0.15, 0.2) is 18.2 Å². The molecule has 0 aliphatic heterocycles. The lowest BCUT2D eigenvalue weighted by Crippen LogP contribution is -2.23. The van der Waals surface area contributed by atoms with Crippen LogP contribution in [0.3, 0.4) is 0 Å². The Labute approximate surface area is 187 Å². The Hall–Kier alpha value is -2.04. The van der Waals surface area contributed by atoms with Crippen LogP contribution in [0.2, 0.25) is 0 Å². The minimum absolute atomic E-state index is 0.368. The molecule has 1 rings (SSSR count). The van der Waals surface area contributed by atoms with Crippen molar-refractivity contribution in [3.8, 4) is 5.75 Å². The Kier molecular flexibility index (Phi) is 11.1. The first-order valence-electron chi connectivity index (χ1n) is 11.7. The summed E-state index contributed by atoms with van der Waals surface area (Å²) < 4.78 is 0. The van der Waals surface area contributed by atoms with Gasteiger partial charge in [0.05, 0.1) is 10.8 Å². The molecule has 0 aliphatic carbocycles. The lowest BCUT2D eigenvalue weighted by molar-refractivity contribution is -0.148. The molecular formula is C26H42O5. The number of aliphatic carboxylic acids is 2. The van der Waals surface area contributed by atoms with Gasteiger partial charge in [-0.15, -0.1) is 0 Å². The summed E-state index contributed by atoms with van der Waals surface area (Å²) in [6, 6.07) is 5.75. The van der Waals surface area contributed by atoms with Gasteiger partial charge >= 0.3 is 11.9 Å². The van der Waals surface area contributed by atoms with Crippen molar-refractivity contribution in [2.45, 2.75) is 105 Å². The molecule has 176 valence electrons. The predicted molar refractivity (Wildman–Crippen MR) is 125 cm³/mol. The van der Waals surface area contributed by atoms with E-state index in [0.29, 0.717) is 18.6 Å². The van der Waals surface area contributed by atoms with Gasteiger partial charge in [-0.3, -0.25) is 9.59 Å². The molecule has 5 heteroatoms. The number of unbranched alkanes of at least 4 members (excludes halogenated alkanes) is 6. The third-order valence-electron chi connectivity index (χ3n) is 6.38. The first-order chi connectivity index (χ1) is 14.5. The fraction of sp³-hybridized carbons (Fsp3) is 0.692. The van der Waals surface area contributed by atoms with Crippen molar-refractivity contribution in [3.05, 3.63) is 29.3 Å². The van der Waals surface area contributed by atoms with Crippen LogP contribution in [-0.2, 0) is 22.4 Å². The highest BCUT2D eigenvalue weighted by Gasteiger charge is 2.26. The Balaban J connectivity index is 2.36. The van der Waals surface area contributed by atoms with E-state index in [1.165, 1.54) is 5.56 Å². The van der Waals surface area contributed by atoms with Crippen LogP contribution in [0.25, 0.3) is 0 Å². The zero-order valence-corrected chi connectivity index (χ0v) is 19.9. The second-order valence-corrected chi connectivity index (χ2v) is 10.1. The molecule has 1 aromatic rings. The third-order valence-corrected chi connectivity index (χ3v) is 6.38. The second-order valence-electron chi connectivity index (χ2n) is 10.1. The number of carboxylic acids is 2. The lowest BCUT2D eigenvalue weighted by Gasteiger charge is -2.18. The molecule has 5 nitrogen and oxygen atoms in total. The minimum Gasteiger partial charge on any atom is -0.508 e. The van der Waals surface area contributed by atoms with Crippen molar-refractivity contribution in [2.24, 2.45) is 10.8 Å². The van der Waals surface area contributed by atoms with Gasteiger partial charge in [0.15, 0.2) is 0 Å². The van der Waals surface area contributed by atoms with E-state index < -0.39 is 22.8 Å². The van der Waals surface area contributed by atoms with Crippen LogP contribution in [0.4, 0.5) is 0 Å². The standard InChI is InChI=1S/C26H42O5/c1-25(2,23(28)29)18-11-7-5-9-14-20-15-13-17-22(27)21(20)16-10-6-8-12-19-26(3,4)24(30)31/h13,15,17,27H,5-12,14,16,18-19H2,1-4H3,(H,28,29)(H,30,31). The molecule has 0 saturated heterocycles. The molecule has 0 heterocycles. The molecule has 0 atom stereocenters. The minimum atomic E-state index is -0.739. The van der Waals surface area contributed by atoms with Crippen molar-refractivity contribution in [1.82, 2.24) is 0 Å². The summed E-state index contributed by atoms with van der Waals surface area (Å²) in [5, 5.41) is 28.7. The molecule has 0 unspecified atom stereocenters. The van der Waals surface area contributed by atoms with E-state index in [4.69, 9.17) is 0 Å². The summed E-state index contributed by atoms with van der Waals surface area (Å²) in [5.41, 5.74) is 0.939. The number of aryl methyl sites for hydroxylation is 1. The van der Waals surface area contributed by atoms with Crippen LogP contribution in [0.1, 0.15) is 103 Å². The van der Waals surface area contributed by atoms with Gasteiger partial charge in [-0.25, -0.2) is 0 Å². The van der Waals surface area contributed by atoms with Gasteiger partial charge in [-0.2, -0.15) is 0 Å². The van der Waals surface area contributed by atoms with Crippen molar-refractivity contribution < 1.29 is 24.9 Å². The maximum Gasteiger partial charge on any atom is 0.309 e. The van der Waals surface area contributed by atoms with E-state index >= 15 is 0 Å². The average Bonchev–Trinajstić information content (AvgIpc) is 2.68. The zero-order valence-electron chi connectivity index (χ0n) is 19.9. The zero-order chi connectivity index (χ0) is 23.5. The van der Waals surface area contributed by atoms with Crippen molar-refractivity contribution >= 4 is 11.9 Å². The summed E-state index contributed by atoms with van der Waals surface area (Å²) in [5.74, 6) is -1.10. The molecule has 0 saturated carbocycles. The van der Waals surface area contributed by atoms with E-state index in [1.54, 1.807) is 33.8 Å². The summed E-state index contributed by atoms with van der Waals surface area (Å²) in [6.45, 7) is 7.11. The van der Waals surface area contributed by atoms with Crippen LogP contribution in [0.5, 0.6) is 5.75 Å². The summed E-state index contributed by atoms with van der Waals surface area (Å²) in [7, 11) is 0. The van der Waals surface area contributed by atoms with Crippen LogP contribution in [0, 0.1) is 10.8 Å². The Morgan fingerprint density at radius 2 is 1.16 bits per heavy atom. The number of benzene rings is 1. The number of phenolic OH excluding ortho intramolecular Hbond substituents is 1. The smallest absolute Gasteiger partial charge is 0.309 e. The number of aromatic hydroxyl groups is 1. The average molecular weight is 435 g/mol. The molecule has 0 spiro atoms. The SMILES string of the molecule is CC(C)(CCCCCCc1cccc(O)c1CCCCCCC(C)(C)C(=O)O)C(=O)O. The van der Waals surface area contributed by atoms with E-state index in [1.807, 2.05) is 6.07 Å². The fourth-order valence-corrected chi connectivity index (χ4v) is 3.82. The second kappa shape index (κ2) is 12.7. The van der Waals surface area contributed by atoms with Crippen molar-refractivity contribution in [1.29, 1.82) is 0 Å². The molecule has 0 amide bonds. The van der Waals surface area contributed by atoms with Crippen LogP contribution >= 0.6 is 0 Å². The van der Waals surface area contributed by atoms with Gasteiger partial charge in [0.25, 0.3) is 0 Å². The number of hydrogen-bond acceptors (Lipinski definition) is 3. The highest BCUT2D eigenvalue weighted by Crippen LogP contribution is 2.28. The highest BCUT2D eigenvalue weighted by atomic mass is 16.4. The molecule has 0 aliphatic rings. The molecule has 31 heavy (non-hydrogen) atoms. The number of hydrogen-bond donors (Lipinski definition) is 3. The molecule has 3 N–H and O–H groups in total. The number of carbonyl (C=O) groups is 2. The fourth-order valence-electron chi connectivity index (χ4n) is 3.82. The molecule has 0 fully saturated rings. The first-order valence-corrected chi connectivity index (χ1v) is 11.7. The molecule has 0 bridgehead atoms. The summed E-state index contributed by atoms with van der Waals surface area (Å²) >= 11 is 0. The monoisotopic (exact) mass is 434 g/mol. The Bertz CT molecular complexity index is 706. The number of phenols is 1. The molecule has 0 radical (unpaired) electrons.